The van der Waals surface area contributed by atoms with Crippen molar-refractivity contribution in [3.05, 3.63) is 59.2 Å². The topological polar surface area (TPSA) is 41.1 Å². The van der Waals surface area contributed by atoms with Crippen LogP contribution in [0.15, 0.2) is 42.5 Å². The van der Waals surface area contributed by atoms with Gasteiger partial charge in [0.05, 0.1) is 5.56 Å². The van der Waals surface area contributed by atoms with Gasteiger partial charge in [0.15, 0.2) is 0 Å². The lowest BCUT2D eigenvalue weighted by molar-refractivity contribution is 0.102. The van der Waals surface area contributed by atoms with E-state index in [1.54, 1.807) is 0 Å². The van der Waals surface area contributed by atoms with Gasteiger partial charge in [-0.2, -0.15) is 0 Å². The smallest absolute Gasteiger partial charge is 0.257 e. The van der Waals surface area contributed by atoms with Gasteiger partial charge >= 0.3 is 0 Å². The van der Waals surface area contributed by atoms with E-state index in [9.17, 15) is 4.79 Å². The molecule has 0 aliphatic rings. The Morgan fingerprint density at radius 2 is 1.81 bits per heavy atom. The Balaban J connectivity index is 2.15. The Kier molecular flexibility index (Phi) is 4.99. The minimum absolute atomic E-state index is 0.0914. The minimum Gasteiger partial charge on any atom is -0.387 e. The molecule has 0 saturated heterocycles. The molecule has 0 unspecified atom stereocenters. The second-order valence-electron chi connectivity index (χ2n) is 5.20. The molecule has 110 valence electrons. The Morgan fingerprint density at radius 3 is 2.43 bits per heavy atom. The van der Waals surface area contributed by atoms with Crippen molar-refractivity contribution >= 4 is 17.3 Å². The van der Waals surface area contributed by atoms with Crippen LogP contribution in [-0.4, -0.2) is 13.0 Å². The van der Waals surface area contributed by atoms with Crippen molar-refractivity contribution in [2.24, 2.45) is 0 Å². The lowest BCUT2D eigenvalue weighted by Gasteiger charge is -2.11. The van der Waals surface area contributed by atoms with Crippen LogP contribution in [-0.2, 0) is 6.42 Å². The quantitative estimate of drug-likeness (QED) is 0.861. The summed E-state index contributed by atoms with van der Waals surface area (Å²) in [4.78, 5) is 12.4. The van der Waals surface area contributed by atoms with E-state index in [1.165, 1.54) is 5.56 Å². The molecule has 0 radical (unpaired) electrons. The van der Waals surface area contributed by atoms with E-state index < -0.39 is 0 Å². The summed E-state index contributed by atoms with van der Waals surface area (Å²) in [6.07, 6.45) is 2.19. The normalized spacial score (nSPS) is 10.2. The van der Waals surface area contributed by atoms with Crippen LogP contribution in [0.2, 0.25) is 0 Å². The number of hydrogen-bond acceptors (Lipinski definition) is 2. The number of hydrogen-bond donors (Lipinski definition) is 2. The summed E-state index contributed by atoms with van der Waals surface area (Å²) in [5, 5.41) is 6.01. The van der Waals surface area contributed by atoms with E-state index in [2.05, 4.69) is 29.7 Å². The maximum Gasteiger partial charge on any atom is 0.257 e. The summed E-state index contributed by atoms with van der Waals surface area (Å²) < 4.78 is 0. The van der Waals surface area contributed by atoms with Crippen LogP contribution < -0.4 is 10.6 Å². The van der Waals surface area contributed by atoms with Gasteiger partial charge in [0, 0.05) is 18.4 Å². The van der Waals surface area contributed by atoms with E-state index in [1.807, 2.05) is 44.3 Å². The fourth-order valence-corrected chi connectivity index (χ4v) is 2.31. The van der Waals surface area contributed by atoms with Gasteiger partial charge in [-0.25, -0.2) is 0 Å². The average Bonchev–Trinajstić information content (AvgIpc) is 2.49. The molecule has 2 aromatic rings. The third kappa shape index (κ3) is 3.85. The number of aryl methyl sites for hydroxylation is 2. The van der Waals surface area contributed by atoms with Gasteiger partial charge in [-0.1, -0.05) is 37.1 Å². The fourth-order valence-electron chi connectivity index (χ4n) is 2.31. The van der Waals surface area contributed by atoms with Crippen LogP contribution in [0.5, 0.6) is 0 Å². The third-order valence-corrected chi connectivity index (χ3v) is 3.44. The highest BCUT2D eigenvalue weighted by atomic mass is 16.1. The Hall–Kier alpha value is -2.29. The molecule has 0 aliphatic carbocycles. The second kappa shape index (κ2) is 6.93. The maximum absolute atomic E-state index is 12.4. The molecule has 3 nitrogen and oxygen atoms in total. The van der Waals surface area contributed by atoms with Crippen molar-refractivity contribution in [2.45, 2.75) is 26.7 Å². The molecule has 0 heterocycles. The predicted molar refractivity (Wildman–Crippen MR) is 89.1 cm³/mol. The molecule has 0 aliphatic heterocycles. The van der Waals surface area contributed by atoms with Crippen molar-refractivity contribution < 1.29 is 4.79 Å². The molecule has 2 rings (SSSR count). The van der Waals surface area contributed by atoms with Gasteiger partial charge in [-0.15, -0.1) is 0 Å². The van der Waals surface area contributed by atoms with Gasteiger partial charge in [0.1, 0.15) is 0 Å². The molecule has 0 bridgehead atoms. The van der Waals surface area contributed by atoms with Crippen molar-refractivity contribution in [3.63, 3.8) is 0 Å². The van der Waals surface area contributed by atoms with Crippen LogP contribution >= 0.6 is 0 Å². The van der Waals surface area contributed by atoms with Crippen molar-refractivity contribution in [2.75, 3.05) is 17.7 Å². The molecule has 2 aromatic carbocycles. The monoisotopic (exact) mass is 282 g/mol. The first-order chi connectivity index (χ1) is 10.1. The summed E-state index contributed by atoms with van der Waals surface area (Å²) in [5.41, 5.74) is 4.68. The molecule has 0 aromatic heterocycles. The van der Waals surface area contributed by atoms with E-state index >= 15 is 0 Å². The van der Waals surface area contributed by atoms with Crippen molar-refractivity contribution in [1.29, 1.82) is 0 Å². The summed E-state index contributed by atoms with van der Waals surface area (Å²) in [5.74, 6) is -0.0914. The molecule has 0 atom stereocenters. The SMILES string of the molecule is CCCc1ccc(NC(=O)c2cc(C)ccc2NC)cc1. The molecule has 21 heavy (non-hydrogen) atoms. The van der Waals surface area contributed by atoms with Gasteiger partial charge in [-0.05, 0) is 43.2 Å². The maximum atomic E-state index is 12.4. The molecule has 0 fully saturated rings. The van der Waals surface area contributed by atoms with Crippen LogP contribution in [0.25, 0.3) is 0 Å². The Morgan fingerprint density at radius 1 is 1.10 bits per heavy atom. The van der Waals surface area contributed by atoms with E-state index in [-0.39, 0.29) is 5.91 Å². The molecule has 0 saturated carbocycles. The molecule has 0 spiro atoms. The van der Waals surface area contributed by atoms with Gasteiger partial charge in [-0.3, -0.25) is 4.79 Å². The van der Waals surface area contributed by atoms with E-state index in [0.717, 1.165) is 29.8 Å². The standard InChI is InChI=1S/C18H22N2O/c1-4-5-14-7-9-15(10-8-14)20-18(21)16-12-13(2)6-11-17(16)19-3/h6-12,19H,4-5H2,1-3H3,(H,20,21). The summed E-state index contributed by atoms with van der Waals surface area (Å²) in [6, 6.07) is 13.8. The number of carbonyl (C=O) groups excluding carboxylic acids is 1. The zero-order valence-electron chi connectivity index (χ0n) is 12.9. The highest BCUT2D eigenvalue weighted by Crippen LogP contribution is 2.19. The molecule has 3 heteroatoms. The fraction of sp³-hybridized carbons (Fsp3) is 0.278. The largest absolute Gasteiger partial charge is 0.387 e. The Bertz CT molecular complexity index is 618. The highest BCUT2D eigenvalue weighted by molar-refractivity contribution is 6.08. The lowest BCUT2D eigenvalue weighted by atomic mass is 10.1. The van der Waals surface area contributed by atoms with Crippen LogP contribution in [0.3, 0.4) is 0 Å². The first kappa shape index (κ1) is 15.1. The van der Waals surface area contributed by atoms with Crippen molar-refractivity contribution in [3.8, 4) is 0 Å². The predicted octanol–water partition coefficient (Wildman–Crippen LogP) is 4.24. The molecule has 2 N–H and O–H groups in total. The molecular formula is C18H22N2O. The van der Waals surface area contributed by atoms with Gasteiger partial charge in [0.2, 0.25) is 0 Å². The van der Waals surface area contributed by atoms with Crippen molar-refractivity contribution in [1.82, 2.24) is 0 Å². The lowest BCUT2D eigenvalue weighted by Crippen LogP contribution is -2.14. The highest BCUT2D eigenvalue weighted by Gasteiger charge is 2.11. The summed E-state index contributed by atoms with van der Waals surface area (Å²) >= 11 is 0. The van der Waals surface area contributed by atoms with Crippen LogP contribution in [0.4, 0.5) is 11.4 Å². The molecule has 1 amide bonds. The van der Waals surface area contributed by atoms with E-state index in [0.29, 0.717) is 5.56 Å². The first-order valence-electron chi connectivity index (χ1n) is 7.32. The first-order valence-corrected chi connectivity index (χ1v) is 7.32. The average molecular weight is 282 g/mol. The zero-order chi connectivity index (χ0) is 15.2. The van der Waals surface area contributed by atoms with Gasteiger partial charge < -0.3 is 10.6 Å². The van der Waals surface area contributed by atoms with Crippen LogP contribution in [0.1, 0.15) is 34.8 Å². The zero-order valence-corrected chi connectivity index (χ0v) is 12.9. The number of anilines is 2. The summed E-state index contributed by atoms with van der Waals surface area (Å²) in [6.45, 7) is 4.14. The minimum atomic E-state index is -0.0914. The number of benzene rings is 2. The van der Waals surface area contributed by atoms with Gasteiger partial charge in [0.25, 0.3) is 5.91 Å². The summed E-state index contributed by atoms with van der Waals surface area (Å²) in [7, 11) is 1.82. The third-order valence-electron chi connectivity index (χ3n) is 3.44. The number of amides is 1. The number of rotatable bonds is 5. The Labute approximate surface area is 126 Å². The second-order valence-corrected chi connectivity index (χ2v) is 5.20. The number of nitrogens with one attached hydrogen (secondary N) is 2. The van der Waals surface area contributed by atoms with E-state index in [4.69, 9.17) is 0 Å². The van der Waals surface area contributed by atoms with Crippen LogP contribution in [0, 0.1) is 6.92 Å². The number of carbonyl (C=O) groups is 1. The molecular weight excluding hydrogens is 260 g/mol.